The summed E-state index contributed by atoms with van der Waals surface area (Å²) in [6, 6.07) is 5.60. The van der Waals surface area contributed by atoms with Crippen molar-refractivity contribution in [2.45, 2.75) is 19.4 Å². The van der Waals surface area contributed by atoms with Crippen molar-refractivity contribution >= 4 is 27.5 Å². The maximum absolute atomic E-state index is 9.76. The van der Waals surface area contributed by atoms with Crippen LogP contribution in [0.2, 0.25) is 0 Å². The lowest BCUT2D eigenvalue weighted by molar-refractivity contribution is 0.0970. The molecule has 104 valence electrons. The molecule has 1 fully saturated rings. The molecule has 19 heavy (non-hydrogen) atoms. The van der Waals surface area contributed by atoms with Gasteiger partial charge in [0.25, 0.3) is 0 Å². The summed E-state index contributed by atoms with van der Waals surface area (Å²) < 4.78 is 0.903. The molecule has 1 aliphatic rings. The first kappa shape index (κ1) is 14.1. The third-order valence-electron chi connectivity index (χ3n) is 3.55. The number of aliphatic hydroxyl groups excluding tert-OH is 1. The first-order valence-corrected chi connectivity index (χ1v) is 7.02. The molecule has 1 heterocycles. The molecule has 5 nitrogen and oxygen atoms in total. The van der Waals surface area contributed by atoms with Gasteiger partial charge in [0.1, 0.15) is 0 Å². The van der Waals surface area contributed by atoms with Gasteiger partial charge in [-0.25, -0.2) is 0 Å². The summed E-state index contributed by atoms with van der Waals surface area (Å²) in [4.78, 5) is 2.23. The number of amidine groups is 1. The predicted molar refractivity (Wildman–Crippen MR) is 78.7 cm³/mol. The van der Waals surface area contributed by atoms with Gasteiger partial charge in [0.15, 0.2) is 5.84 Å². The zero-order valence-electron chi connectivity index (χ0n) is 10.8. The maximum Gasteiger partial charge on any atom is 0.170 e. The Kier molecular flexibility index (Phi) is 4.31. The van der Waals surface area contributed by atoms with Crippen LogP contribution in [-0.4, -0.2) is 35.3 Å². The van der Waals surface area contributed by atoms with E-state index in [2.05, 4.69) is 32.9 Å². The SMILES string of the molecule is CC1CN(c2ccc(/C(N)=N/O)cc2Br)CCC1O. The minimum Gasteiger partial charge on any atom is -0.409 e. The molecule has 6 heteroatoms. The molecule has 2 unspecified atom stereocenters. The quantitative estimate of drug-likeness (QED) is 0.334. The molecule has 1 aromatic rings. The van der Waals surface area contributed by atoms with E-state index in [4.69, 9.17) is 10.9 Å². The number of aliphatic hydroxyl groups is 1. The molecule has 4 N–H and O–H groups in total. The van der Waals surface area contributed by atoms with Gasteiger partial charge in [-0.1, -0.05) is 12.1 Å². The van der Waals surface area contributed by atoms with E-state index in [9.17, 15) is 5.11 Å². The largest absolute Gasteiger partial charge is 0.409 e. The molecule has 2 rings (SSSR count). The van der Waals surface area contributed by atoms with Gasteiger partial charge < -0.3 is 20.9 Å². The first-order valence-electron chi connectivity index (χ1n) is 6.23. The van der Waals surface area contributed by atoms with Crippen molar-refractivity contribution in [1.82, 2.24) is 0 Å². The number of oxime groups is 1. The molecular formula is C13H18BrN3O2. The fourth-order valence-electron chi connectivity index (χ4n) is 2.33. The number of anilines is 1. The third kappa shape index (κ3) is 3.01. The van der Waals surface area contributed by atoms with Crippen molar-refractivity contribution in [3.8, 4) is 0 Å². The number of benzene rings is 1. The van der Waals surface area contributed by atoms with Crippen LogP contribution in [0.25, 0.3) is 0 Å². The minimum atomic E-state index is -0.216. The Labute approximate surface area is 120 Å². The number of hydrogen-bond acceptors (Lipinski definition) is 4. The number of nitrogens with two attached hydrogens (primary N) is 1. The van der Waals surface area contributed by atoms with E-state index in [1.807, 2.05) is 18.2 Å². The van der Waals surface area contributed by atoms with Crippen molar-refractivity contribution in [2.75, 3.05) is 18.0 Å². The lowest BCUT2D eigenvalue weighted by atomic mass is 9.96. The molecule has 0 aromatic heterocycles. The van der Waals surface area contributed by atoms with E-state index in [-0.39, 0.29) is 17.9 Å². The van der Waals surface area contributed by atoms with Crippen LogP contribution in [0.1, 0.15) is 18.9 Å². The van der Waals surface area contributed by atoms with Gasteiger partial charge >= 0.3 is 0 Å². The maximum atomic E-state index is 9.76. The Balaban J connectivity index is 2.22. The Hall–Kier alpha value is -1.27. The van der Waals surface area contributed by atoms with E-state index in [1.54, 1.807) is 0 Å². The molecule has 0 aliphatic carbocycles. The second kappa shape index (κ2) is 5.79. The van der Waals surface area contributed by atoms with Crippen LogP contribution in [-0.2, 0) is 0 Å². The lowest BCUT2D eigenvalue weighted by Gasteiger charge is -2.36. The van der Waals surface area contributed by atoms with Crippen LogP contribution < -0.4 is 10.6 Å². The lowest BCUT2D eigenvalue weighted by Crippen LogP contribution is -2.42. The molecule has 0 saturated carbocycles. The zero-order valence-corrected chi connectivity index (χ0v) is 12.3. The van der Waals surface area contributed by atoms with Crippen molar-refractivity contribution in [3.05, 3.63) is 28.2 Å². The first-order chi connectivity index (χ1) is 9.02. The minimum absolute atomic E-state index is 0.0923. The van der Waals surface area contributed by atoms with E-state index in [0.29, 0.717) is 5.56 Å². The highest BCUT2D eigenvalue weighted by Gasteiger charge is 2.25. The van der Waals surface area contributed by atoms with Gasteiger partial charge in [-0.3, -0.25) is 0 Å². The second-order valence-electron chi connectivity index (χ2n) is 4.93. The van der Waals surface area contributed by atoms with Crippen molar-refractivity contribution in [3.63, 3.8) is 0 Å². The molecule has 1 aliphatic heterocycles. The average molecular weight is 328 g/mol. The fourth-order valence-corrected chi connectivity index (χ4v) is 2.96. The summed E-state index contributed by atoms with van der Waals surface area (Å²) in [5.41, 5.74) is 7.30. The number of hydrogen-bond donors (Lipinski definition) is 3. The van der Waals surface area contributed by atoms with Crippen LogP contribution in [0, 0.1) is 5.92 Å². The normalized spacial score (nSPS) is 24.6. The highest BCUT2D eigenvalue weighted by Crippen LogP contribution is 2.30. The van der Waals surface area contributed by atoms with Gasteiger partial charge in [-0.15, -0.1) is 0 Å². The molecule has 1 aromatic carbocycles. The summed E-state index contributed by atoms with van der Waals surface area (Å²) in [7, 11) is 0. The Bertz CT molecular complexity index is 493. The zero-order chi connectivity index (χ0) is 14.0. The smallest absolute Gasteiger partial charge is 0.170 e. The third-order valence-corrected chi connectivity index (χ3v) is 4.19. The van der Waals surface area contributed by atoms with Crippen LogP contribution in [0.15, 0.2) is 27.8 Å². The fraction of sp³-hybridized carbons (Fsp3) is 0.462. The molecule has 2 atom stereocenters. The van der Waals surface area contributed by atoms with Gasteiger partial charge in [0, 0.05) is 23.1 Å². The summed E-state index contributed by atoms with van der Waals surface area (Å²) in [5, 5.41) is 21.4. The molecular weight excluding hydrogens is 310 g/mol. The number of nitrogens with zero attached hydrogens (tertiary/aromatic N) is 2. The predicted octanol–water partition coefficient (Wildman–Crippen LogP) is 1.75. The van der Waals surface area contributed by atoms with Gasteiger partial charge in [0.05, 0.1) is 11.8 Å². The summed E-state index contributed by atoms with van der Waals surface area (Å²) in [6.07, 6.45) is 0.557. The molecule has 0 spiro atoms. The summed E-state index contributed by atoms with van der Waals surface area (Å²) >= 11 is 3.52. The Morgan fingerprint density at radius 2 is 2.26 bits per heavy atom. The highest BCUT2D eigenvalue weighted by atomic mass is 79.9. The number of rotatable bonds is 2. The Morgan fingerprint density at radius 1 is 1.53 bits per heavy atom. The van der Waals surface area contributed by atoms with Crippen molar-refractivity contribution in [2.24, 2.45) is 16.8 Å². The number of halogens is 1. The second-order valence-corrected chi connectivity index (χ2v) is 5.79. The van der Waals surface area contributed by atoms with Crippen LogP contribution in [0.4, 0.5) is 5.69 Å². The molecule has 0 amide bonds. The summed E-state index contributed by atoms with van der Waals surface area (Å²) in [5.74, 6) is 0.346. The van der Waals surface area contributed by atoms with Gasteiger partial charge in [0.2, 0.25) is 0 Å². The van der Waals surface area contributed by atoms with E-state index >= 15 is 0 Å². The van der Waals surface area contributed by atoms with Crippen LogP contribution >= 0.6 is 15.9 Å². The Morgan fingerprint density at radius 3 is 2.84 bits per heavy atom. The average Bonchev–Trinajstić information content (AvgIpc) is 2.41. The van der Waals surface area contributed by atoms with E-state index in [0.717, 1.165) is 29.7 Å². The van der Waals surface area contributed by atoms with Gasteiger partial charge in [-0.05, 0) is 46.5 Å². The van der Waals surface area contributed by atoms with Crippen molar-refractivity contribution < 1.29 is 10.3 Å². The van der Waals surface area contributed by atoms with E-state index < -0.39 is 0 Å². The monoisotopic (exact) mass is 327 g/mol. The molecule has 0 radical (unpaired) electrons. The van der Waals surface area contributed by atoms with Crippen LogP contribution in [0.3, 0.4) is 0 Å². The summed E-state index contributed by atoms with van der Waals surface area (Å²) in [6.45, 7) is 3.70. The van der Waals surface area contributed by atoms with E-state index in [1.165, 1.54) is 0 Å². The standard InChI is InChI=1S/C13H18BrN3O2/c1-8-7-17(5-4-12(8)18)11-3-2-9(6-10(11)14)13(15)16-19/h2-3,6,8,12,18-19H,4-5,7H2,1H3,(H2,15,16). The van der Waals surface area contributed by atoms with Crippen molar-refractivity contribution in [1.29, 1.82) is 0 Å². The molecule has 0 bridgehead atoms. The highest BCUT2D eigenvalue weighted by molar-refractivity contribution is 9.10. The topological polar surface area (TPSA) is 82.1 Å². The van der Waals surface area contributed by atoms with Crippen LogP contribution in [0.5, 0.6) is 0 Å². The van der Waals surface area contributed by atoms with Gasteiger partial charge in [-0.2, -0.15) is 0 Å². The number of piperidine rings is 1. The molecule has 1 saturated heterocycles.